The zero-order valence-corrected chi connectivity index (χ0v) is 20.3. The Labute approximate surface area is 198 Å². The molecule has 0 aromatic heterocycles. The van der Waals surface area contributed by atoms with Crippen LogP contribution in [0.25, 0.3) is 0 Å². The number of halogens is 1. The van der Waals surface area contributed by atoms with Crippen LogP contribution in [0.1, 0.15) is 34.5 Å². The van der Waals surface area contributed by atoms with Crippen molar-refractivity contribution in [3.63, 3.8) is 0 Å². The molecule has 7 nitrogen and oxygen atoms in total. The van der Waals surface area contributed by atoms with Gasteiger partial charge in [-0.05, 0) is 61.9 Å². The third-order valence-electron chi connectivity index (χ3n) is 5.06. The van der Waals surface area contributed by atoms with Crippen LogP contribution in [0.4, 0.5) is 5.69 Å². The maximum Gasteiger partial charge on any atom is 0.261 e. The third kappa shape index (κ3) is 5.77. The number of methoxy groups -OCH3 is 2. The molecule has 174 valence electrons. The number of anilines is 1. The first-order valence-electron chi connectivity index (χ1n) is 10.1. The monoisotopic (exact) mass is 488 g/mol. The summed E-state index contributed by atoms with van der Waals surface area (Å²) in [5.41, 5.74) is 2.26. The van der Waals surface area contributed by atoms with Crippen molar-refractivity contribution in [2.24, 2.45) is 0 Å². The van der Waals surface area contributed by atoms with Crippen LogP contribution in [0, 0.1) is 6.92 Å². The number of aryl methyl sites for hydroxylation is 1. The van der Waals surface area contributed by atoms with Crippen LogP contribution in [0.2, 0.25) is 5.02 Å². The quantitative estimate of drug-likeness (QED) is 0.467. The summed E-state index contributed by atoms with van der Waals surface area (Å²) < 4.78 is 38.2. The number of sulfonamides is 1. The largest absolute Gasteiger partial charge is 0.493 e. The van der Waals surface area contributed by atoms with Crippen LogP contribution in [0.5, 0.6) is 11.5 Å². The summed E-state index contributed by atoms with van der Waals surface area (Å²) >= 11 is 6.28. The molecule has 9 heteroatoms. The minimum atomic E-state index is -3.81. The predicted molar refractivity (Wildman–Crippen MR) is 129 cm³/mol. The van der Waals surface area contributed by atoms with Crippen molar-refractivity contribution in [2.45, 2.75) is 24.8 Å². The highest BCUT2D eigenvalue weighted by Gasteiger charge is 2.18. The molecule has 0 heterocycles. The summed E-state index contributed by atoms with van der Waals surface area (Å²) in [7, 11) is -0.714. The van der Waals surface area contributed by atoms with Gasteiger partial charge in [-0.15, -0.1) is 0 Å². The van der Waals surface area contributed by atoms with Gasteiger partial charge in [-0.3, -0.25) is 9.52 Å². The van der Waals surface area contributed by atoms with Crippen LogP contribution in [-0.2, 0) is 10.0 Å². The normalized spacial score (nSPS) is 12.0. The molecule has 1 atom stereocenters. The molecular weight excluding hydrogens is 464 g/mol. The van der Waals surface area contributed by atoms with Crippen LogP contribution in [0.3, 0.4) is 0 Å². The molecule has 0 aliphatic carbocycles. The summed E-state index contributed by atoms with van der Waals surface area (Å²) in [6.45, 7) is 3.71. The smallest absolute Gasteiger partial charge is 0.261 e. The van der Waals surface area contributed by atoms with Crippen molar-refractivity contribution >= 4 is 33.2 Å². The van der Waals surface area contributed by atoms with Crippen molar-refractivity contribution < 1.29 is 22.7 Å². The van der Waals surface area contributed by atoms with Gasteiger partial charge < -0.3 is 14.8 Å². The average molecular weight is 489 g/mol. The summed E-state index contributed by atoms with van der Waals surface area (Å²) in [5, 5.41) is 3.00. The number of carbonyl (C=O) groups is 1. The maximum atomic E-state index is 12.7. The Kier molecular flexibility index (Phi) is 7.50. The van der Waals surface area contributed by atoms with E-state index in [0.717, 1.165) is 11.1 Å². The van der Waals surface area contributed by atoms with Crippen molar-refractivity contribution in [1.82, 2.24) is 5.32 Å². The van der Waals surface area contributed by atoms with E-state index in [1.807, 2.05) is 19.9 Å². The van der Waals surface area contributed by atoms with Gasteiger partial charge >= 0.3 is 0 Å². The lowest BCUT2D eigenvalue weighted by molar-refractivity contribution is 0.0940. The second-order valence-electron chi connectivity index (χ2n) is 7.42. The molecule has 0 bridgehead atoms. The number of rotatable bonds is 8. The fraction of sp³-hybridized carbons (Fsp3) is 0.208. The Morgan fingerprint density at radius 2 is 1.61 bits per heavy atom. The second-order valence-corrected chi connectivity index (χ2v) is 9.51. The zero-order chi connectivity index (χ0) is 24.2. The van der Waals surface area contributed by atoms with Gasteiger partial charge in [0.05, 0.1) is 35.9 Å². The molecule has 3 rings (SSSR count). The van der Waals surface area contributed by atoms with Gasteiger partial charge in [0.1, 0.15) is 0 Å². The highest BCUT2D eigenvalue weighted by atomic mass is 35.5. The lowest BCUT2D eigenvalue weighted by atomic mass is 10.1. The number of amides is 1. The number of hydrogen-bond donors (Lipinski definition) is 2. The molecule has 1 amide bonds. The fourth-order valence-electron chi connectivity index (χ4n) is 3.15. The third-order valence-corrected chi connectivity index (χ3v) is 6.76. The molecule has 1 unspecified atom stereocenters. The topological polar surface area (TPSA) is 93.7 Å². The number of hydrogen-bond acceptors (Lipinski definition) is 5. The lowest BCUT2D eigenvalue weighted by Crippen LogP contribution is -2.26. The van der Waals surface area contributed by atoms with E-state index in [0.29, 0.717) is 17.1 Å². The van der Waals surface area contributed by atoms with E-state index in [-0.39, 0.29) is 27.6 Å². The average Bonchev–Trinajstić information content (AvgIpc) is 2.79. The van der Waals surface area contributed by atoms with Crippen LogP contribution >= 0.6 is 11.6 Å². The molecule has 0 saturated carbocycles. The van der Waals surface area contributed by atoms with E-state index in [4.69, 9.17) is 21.1 Å². The summed E-state index contributed by atoms with van der Waals surface area (Å²) in [6, 6.07) is 15.9. The molecule has 0 saturated heterocycles. The molecule has 2 N–H and O–H groups in total. The van der Waals surface area contributed by atoms with Gasteiger partial charge in [0, 0.05) is 5.56 Å². The number of ether oxygens (including phenoxy) is 2. The molecule has 0 aliphatic rings. The van der Waals surface area contributed by atoms with Gasteiger partial charge in [0.25, 0.3) is 15.9 Å². The Hall–Kier alpha value is -3.23. The predicted octanol–water partition coefficient (Wildman–Crippen LogP) is 4.96. The molecular formula is C24H25ClN2O5S. The van der Waals surface area contributed by atoms with Gasteiger partial charge in [-0.1, -0.05) is 35.4 Å². The Bertz CT molecular complexity index is 1260. The highest BCUT2D eigenvalue weighted by Crippen LogP contribution is 2.30. The molecule has 3 aromatic rings. The molecule has 0 spiro atoms. The van der Waals surface area contributed by atoms with E-state index in [1.54, 1.807) is 38.5 Å². The maximum absolute atomic E-state index is 12.7. The van der Waals surface area contributed by atoms with Gasteiger partial charge in [-0.25, -0.2) is 8.42 Å². The first kappa shape index (κ1) is 24.4. The molecule has 0 radical (unpaired) electrons. The zero-order valence-electron chi connectivity index (χ0n) is 18.7. The standard InChI is InChI=1S/C24H25ClN2O5S/c1-15-5-9-19(10-6-15)33(29,30)27-21-11-7-18(13-20(21)25)24(28)26-16(2)17-8-12-22(31-3)23(14-17)32-4/h5-14,16,27H,1-4H3,(H,26,28). The lowest BCUT2D eigenvalue weighted by Gasteiger charge is -2.17. The Morgan fingerprint density at radius 1 is 0.939 bits per heavy atom. The highest BCUT2D eigenvalue weighted by molar-refractivity contribution is 7.92. The Morgan fingerprint density at radius 3 is 2.21 bits per heavy atom. The van der Waals surface area contributed by atoms with E-state index >= 15 is 0 Å². The molecule has 3 aromatic carbocycles. The SMILES string of the molecule is COc1ccc(C(C)NC(=O)c2ccc(NS(=O)(=O)c3ccc(C)cc3)c(Cl)c2)cc1OC. The number of benzene rings is 3. The summed E-state index contributed by atoms with van der Waals surface area (Å²) in [4.78, 5) is 12.9. The van der Waals surface area contributed by atoms with Gasteiger partial charge in [0.15, 0.2) is 11.5 Å². The van der Waals surface area contributed by atoms with Crippen molar-refractivity contribution in [1.29, 1.82) is 0 Å². The molecule has 0 aliphatic heterocycles. The number of carbonyl (C=O) groups excluding carboxylic acids is 1. The van der Waals surface area contributed by atoms with Crippen LogP contribution in [-0.4, -0.2) is 28.5 Å². The van der Waals surface area contributed by atoms with E-state index in [1.165, 1.54) is 30.3 Å². The first-order valence-corrected chi connectivity index (χ1v) is 11.9. The summed E-state index contributed by atoms with van der Waals surface area (Å²) in [6.07, 6.45) is 0. The van der Waals surface area contributed by atoms with Crippen LogP contribution < -0.4 is 19.5 Å². The van der Waals surface area contributed by atoms with Gasteiger partial charge in [0.2, 0.25) is 0 Å². The van der Waals surface area contributed by atoms with Gasteiger partial charge in [-0.2, -0.15) is 0 Å². The second kappa shape index (κ2) is 10.1. The number of nitrogens with one attached hydrogen (secondary N) is 2. The van der Waals surface area contributed by atoms with E-state index < -0.39 is 10.0 Å². The van der Waals surface area contributed by atoms with Crippen molar-refractivity contribution in [3.8, 4) is 11.5 Å². The first-order chi connectivity index (χ1) is 15.6. The minimum absolute atomic E-state index is 0.108. The molecule has 0 fully saturated rings. The molecule has 33 heavy (non-hydrogen) atoms. The van der Waals surface area contributed by atoms with E-state index in [2.05, 4.69) is 10.0 Å². The Balaban J connectivity index is 1.74. The minimum Gasteiger partial charge on any atom is -0.493 e. The van der Waals surface area contributed by atoms with Crippen molar-refractivity contribution in [3.05, 3.63) is 82.4 Å². The van der Waals surface area contributed by atoms with E-state index in [9.17, 15) is 13.2 Å². The fourth-order valence-corrected chi connectivity index (χ4v) is 4.51. The summed E-state index contributed by atoms with van der Waals surface area (Å²) in [5.74, 6) is 0.798. The van der Waals surface area contributed by atoms with Crippen LogP contribution in [0.15, 0.2) is 65.6 Å². The van der Waals surface area contributed by atoms with Crippen molar-refractivity contribution in [2.75, 3.05) is 18.9 Å².